The van der Waals surface area contributed by atoms with Crippen LogP contribution in [0.2, 0.25) is 12.6 Å². The van der Waals surface area contributed by atoms with E-state index in [9.17, 15) is 0 Å². The summed E-state index contributed by atoms with van der Waals surface area (Å²) >= 11 is 0. The normalized spacial score (nSPS) is 13.0. The maximum Gasteiger partial charge on any atom is 0.0687 e. The molecule has 0 spiro atoms. The van der Waals surface area contributed by atoms with E-state index in [0.29, 0.717) is 0 Å². The highest BCUT2D eigenvalue weighted by Gasteiger charge is 1.95. The molecule has 0 rings (SSSR count). The van der Waals surface area contributed by atoms with Crippen LogP contribution in [0.1, 0.15) is 20.3 Å². The molecule has 0 amide bonds. The lowest BCUT2D eigenvalue weighted by molar-refractivity contribution is 0.877. The average Bonchev–Trinajstić information content (AvgIpc) is 1.68. The van der Waals surface area contributed by atoms with Crippen molar-refractivity contribution in [2.24, 2.45) is 0 Å². The highest BCUT2D eigenvalue weighted by molar-refractivity contribution is 7.00. The van der Waals surface area contributed by atoms with Gasteiger partial charge in [-0.2, -0.15) is 0 Å². The Morgan fingerprint density at radius 2 is 2.14 bits per heavy atom. The van der Waals surface area contributed by atoms with Crippen molar-refractivity contribution in [1.82, 2.24) is 0 Å². The summed E-state index contributed by atoms with van der Waals surface area (Å²) in [4.78, 5) is 0. The van der Waals surface area contributed by atoms with E-state index in [2.05, 4.69) is 35.0 Å². The molecule has 1 unspecified atom stereocenters. The fourth-order valence-corrected chi connectivity index (χ4v) is 0.465. The van der Waals surface area contributed by atoms with E-state index in [-0.39, 0.29) is 0 Å². The van der Waals surface area contributed by atoms with Crippen LogP contribution in [-0.4, -0.2) is 14.3 Å². The van der Waals surface area contributed by atoms with Crippen LogP contribution in [0.3, 0.4) is 0 Å². The zero-order chi connectivity index (χ0) is 5.70. The first-order valence-electron chi connectivity index (χ1n) is 2.94. The Bertz CT molecular complexity index is 37.1. The molecule has 1 atom stereocenters. The van der Waals surface area contributed by atoms with E-state index in [4.69, 9.17) is 0 Å². The van der Waals surface area contributed by atoms with E-state index in [1.807, 2.05) is 0 Å². The summed E-state index contributed by atoms with van der Waals surface area (Å²) in [6.07, 6.45) is 1.25. The largest absolute Gasteiger partial charge is 0.0999 e. The van der Waals surface area contributed by atoms with Crippen LogP contribution in [0.4, 0.5) is 0 Å². The second-order valence-electron chi connectivity index (χ2n) is 1.91. The lowest BCUT2D eigenvalue weighted by Crippen LogP contribution is -2.03. The summed E-state index contributed by atoms with van der Waals surface area (Å²) < 4.78 is 0. The van der Waals surface area contributed by atoms with Crippen LogP contribution in [0.25, 0.3) is 0 Å². The molecule has 0 N–H and O–H groups in total. The summed E-state index contributed by atoms with van der Waals surface area (Å²) in [5.74, 6) is 0.769. The highest BCUT2D eigenvalue weighted by atomic mass is 13.8. The molecule has 0 aliphatic carbocycles. The molecule has 7 heavy (non-hydrogen) atoms. The topological polar surface area (TPSA) is 0 Å². The second kappa shape index (κ2) is 4.29. The number of hydrogen-bond acceptors (Lipinski definition) is 0. The second-order valence-corrected chi connectivity index (χ2v) is 1.91. The third-order valence-electron chi connectivity index (χ3n) is 1.16. The highest BCUT2D eigenvalue weighted by Crippen LogP contribution is 2.03. The smallest absolute Gasteiger partial charge is 0.0687 e. The van der Waals surface area contributed by atoms with Crippen molar-refractivity contribution in [2.45, 2.75) is 32.9 Å². The quantitative estimate of drug-likeness (QED) is 0.465. The van der Waals surface area contributed by atoms with E-state index in [1.165, 1.54) is 6.42 Å². The zero-order valence-corrected chi connectivity index (χ0v) is 5.44. The van der Waals surface area contributed by atoms with E-state index in [1.54, 1.807) is 0 Å². The van der Waals surface area contributed by atoms with Gasteiger partial charge in [0, 0.05) is 0 Å². The number of hydrogen-bond donors (Lipinski definition) is 0. The monoisotopic (exact) mass is 94.1 g/mol. The molecule has 2 heteroatoms. The predicted octanol–water partition coefficient (Wildman–Crippen LogP) is 1.58. The Morgan fingerprint density at radius 3 is 2.29 bits per heavy atom. The standard InChI is InChI=1S/C5H12B2/c1-4-5(2)7-6-3/h5H,4H2,1-3H3. The maximum absolute atomic E-state index is 2.22. The first-order chi connectivity index (χ1) is 3.31. The van der Waals surface area contributed by atoms with Crippen LogP contribution in [0.15, 0.2) is 0 Å². The fourth-order valence-electron chi connectivity index (χ4n) is 0.465. The van der Waals surface area contributed by atoms with Crippen molar-refractivity contribution in [3.05, 3.63) is 0 Å². The van der Waals surface area contributed by atoms with E-state index >= 15 is 0 Å². The van der Waals surface area contributed by atoms with E-state index in [0.717, 1.165) is 5.82 Å². The molecular formula is C5H12B2. The van der Waals surface area contributed by atoms with Gasteiger partial charge in [-0.05, 0) is 0 Å². The van der Waals surface area contributed by atoms with E-state index < -0.39 is 0 Å². The molecule has 0 aromatic rings. The first kappa shape index (κ1) is 7.13. The summed E-state index contributed by atoms with van der Waals surface area (Å²) in [6.45, 7) is 6.48. The van der Waals surface area contributed by atoms with Gasteiger partial charge in [0.05, 0.1) is 14.3 Å². The molecular weight excluding hydrogens is 81.7 g/mol. The van der Waals surface area contributed by atoms with Crippen molar-refractivity contribution in [3.8, 4) is 0 Å². The van der Waals surface area contributed by atoms with Crippen molar-refractivity contribution in [1.29, 1.82) is 0 Å². The summed E-state index contributed by atoms with van der Waals surface area (Å²) in [7, 11) is 4.33. The van der Waals surface area contributed by atoms with Gasteiger partial charge in [0.15, 0.2) is 0 Å². The van der Waals surface area contributed by atoms with Crippen LogP contribution in [0.5, 0.6) is 0 Å². The molecule has 0 aliphatic rings. The minimum absolute atomic E-state index is 0.769. The minimum atomic E-state index is 0.769. The van der Waals surface area contributed by atoms with Crippen LogP contribution >= 0.6 is 0 Å². The van der Waals surface area contributed by atoms with Crippen LogP contribution < -0.4 is 0 Å². The van der Waals surface area contributed by atoms with Crippen molar-refractivity contribution in [3.63, 3.8) is 0 Å². The first-order valence-corrected chi connectivity index (χ1v) is 2.94. The zero-order valence-electron chi connectivity index (χ0n) is 5.44. The maximum atomic E-state index is 2.22. The molecule has 0 aromatic carbocycles. The summed E-state index contributed by atoms with van der Waals surface area (Å²) in [5, 5.41) is 0. The van der Waals surface area contributed by atoms with Crippen LogP contribution in [-0.2, 0) is 0 Å². The molecule has 0 aliphatic heterocycles. The van der Waals surface area contributed by atoms with Gasteiger partial charge in [-0.1, -0.05) is 32.9 Å². The Balaban J connectivity index is 2.83. The Hall–Kier alpha value is 0.130. The minimum Gasteiger partial charge on any atom is -0.0999 e. The Labute approximate surface area is 48.2 Å². The number of rotatable bonds is 3. The lowest BCUT2D eigenvalue weighted by Gasteiger charge is -2.00. The van der Waals surface area contributed by atoms with Gasteiger partial charge in [0.1, 0.15) is 0 Å². The molecule has 0 bridgehead atoms. The van der Waals surface area contributed by atoms with Crippen molar-refractivity contribution >= 4 is 14.3 Å². The van der Waals surface area contributed by atoms with Crippen molar-refractivity contribution < 1.29 is 0 Å². The van der Waals surface area contributed by atoms with Crippen molar-refractivity contribution in [2.75, 3.05) is 0 Å². The van der Waals surface area contributed by atoms with Gasteiger partial charge in [-0.3, -0.25) is 0 Å². The van der Waals surface area contributed by atoms with Gasteiger partial charge in [-0.25, -0.2) is 0 Å². The average molecular weight is 93.8 g/mol. The van der Waals surface area contributed by atoms with Gasteiger partial charge in [0.25, 0.3) is 0 Å². The lowest BCUT2D eigenvalue weighted by atomic mass is 9.35. The van der Waals surface area contributed by atoms with Gasteiger partial charge >= 0.3 is 0 Å². The van der Waals surface area contributed by atoms with Crippen LogP contribution in [0, 0.1) is 0 Å². The predicted molar refractivity (Wildman–Crippen MR) is 37.1 cm³/mol. The molecule has 0 aromatic heterocycles. The Kier molecular flexibility index (Phi) is 4.37. The SMILES string of the molecule is C[B][B]C(C)CC. The molecule has 2 radical (unpaired) electrons. The molecule has 0 saturated heterocycles. The summed E-state index contributed by atoms with van der Waals surface area (Å²) in [5.41, 5.74) is 0. The van der Waals surface area contributed by atoms with Gasteiger partial charge < -0.3 is 0 Å². The molecule has 0 nitrogen and oxygen atoms in total. The van der Waals surface area contributed by atoms with Gasteiger partial charge in [0.2, 0.25) is 0 Å². The molecule has 0 fully saturated rings. The third-order valence-corrected chi connectivity index (χ3v) is 1.16. The fraction of sp³-hybridized carbons (Fsp3) is 1.00. The molecule has 0 saturated carbocycles. The molecule has 0 heterocycles. The van der Waals surface area contributed by atoms with Gasteiger partial charge in [-0.15, -0.1) is 0 Å². The molecule has 38 valence electrons. The third kappa shape index (κ3) is 3.97. The summed E-state index contributed by atoms with van der Waals surface area (Å²) in [6, 6.07) is 0. The Morgan fingerprint density at radius 1 is 1.57 bits per heavy atom.